The molecular formula is C52H64ClN5O7S. The molecule has 1 aliphatic rings. The van der Waals surface area contributed by atoms with Crippen LogP contribution in [0.1, 0.15) is 120 Å². The van der Waals surface area contributed by atoms with Crippen molar-refractivity contribution in [2.75, 3.05) is 18.5 Å². The first-order chi connectivity index (χ1) is 32.0. The molecule has 0 saturated carbocycles. The standard InChI is InChI=1S/C52H64ClN5O7S/c1-4-6-7-8-9-10-11-12-13-14-15-16-17-26-35-54-66(63,64)40-33-34-42(53)43(36-40)55-49(60)47(58-50(61)51(65-5-2)57(52(58)62)37-38-27-20-18-21-28-38)48(59)45-41-31-24-25-32-44(41)56(3)46(45)39-29-22-19-23-30-39/h18-25,27-34,36,47,51,54H,4-17,26,35,37H2,1-3H3,(H,55,60). The van der Waals surface area contributed by atoms with Gasteiger partial charge in [0, 0.05) is 31.1 Å². The minimum atomic E-state index is -4.05. The van der Waals surface area contributed by atoms with Crippen molar-refractivity contribution in [1.29, 1.82) is 0 Å². The third-order valence-electron chi connectivity index (χ3n) is 12.2. The molecule has 5 aromatic rings. The Bertz CT molecular complexity index is 2530. The van der Waals surface area contributed by atoms with Crippen LogP contribution in [0, 0.1) is 0 Å². The third kappa shape index (κ3) is 12.4. The van der Waals surface area contributed by atoms with E-state index in [1.54, 1.807) is 50.4 Å². The van der Waals surface area contributed by atoms with Gasteiger partial charge in [0.25, 0.3) is 11.8 Å². The van der Waals surface area contributed by atoms with E-state index in [4.69, 9.17) is 16.3 Å². The number of hydrogen-bond acceptors (Lipinski definition) is 7. The molecule has 2 unspecified atom stereocenters. The Morgan fingerprint density at radius 1 is 0.742 bits per heavy atom. The number of nitrogens with zero attached hydrogens (tertiary/aromatic N) is 3. The Morgan fingerprint density at radius 2 is 1.32 bits per heavy atom. The van der Waals surface area contributed by atoms with Gasteiger partial charge >= 0.3 is 6.03 Å². The van der Waals surface area contributed by atoms with E-state index in [2.05, 4.69) is 17.0 Å². The molecule has 2 N–H and O–H groups in total. The average Bonchev–Trinajstić information content (AvgIpc) is 3.74. The van der Waals surface area contributed by atoms with Gasteiger partial charge < -0.3 is 14.6 Å². The zero-order chi connectivity index (χ0) is 47.1. The second-order valence-corrected chi connectivity index (χ2v) is 19.1. The fourth-order valence-corrected chi connectivity index (χ4v) is 9.98. The molecule has 1 saturated heterocycles. The first-order valence-corrected chi connectivity index (χ1v) is 25.4. The van der Waals surface area contributed by atoms with Crippen molar-refractivity contribution in [3.8, 4) is 11.3 Å². The third-order valence-corrected chi connectivity index (χ3v) is 14.0. The highest BCUT2D eigenvalue weighted by Gasteiger charge is 2.53. The molecule has 2 heterocycles. The van der Waals surface area contributed by atoms with Crippen LogP contribution < -0.4 is 10.0 Å². The monoisotopic (exact) mass is 937 g/mol. The Hall–Kier alpha value is -5.34. The maximum absolute atomic E-state index is 15.4. The second-order valence-electron chi connectivity index (χ2n) is 17.0. The van der Waals surface area contributed by atoms with Gasteiger partial charge in [-0.3, -0.25) is 19.3 Å². The summed E-state index contributed by atoms with van der Waals surface area (Å²) in [4.78, 5) is 61.1. The van der Waals surface area contributed by atoms with E-state index < -0.39 is 45.9 Å². The number of hydrogen-bond donors (Lipinski definition) is 2. The summed E-state index contributed by atoms with van der Waals surface area (Å²) in [6.07, 6.45) is 15.2. The van der Waals surface area contributed by atoms with E-state index in [-0.39, 0.29) is 40.9 Å². The molecule has 6 rings (SSSR count). The largest absolute Gasteiger partial charge is 0.350 e. The van der Waals surface area contributed by atoms with Crippen LogP contribution in [0.5, 0.6) is 0 Å². The molecule has 1 aliphatic heterocycles. The van der Waals surface area contributed by atoms with E-state index in [0.717, 1.165) is 19.3 Å². The summed E-state index contributed by atoms with van der Waals surface area (Å²) in [5.41, 5.74) is 2.50. The van der Waals surface area contributed by atoms with Gasteiger partial charge in [-0.15, -0.1) is 0 Å². The molecule has 14 heteroatoms. The van der Waals surface area contributed by atoms with Crippen LogP contribution in [0.15, 0.2) is 108 Å². The number of nitrogens with one attached hydrogen (secondary N) is 2. The summed E-state index contributed by atoms with van der Waals surface area (Å²) in [7, 11) is -2.25. The van der Waals surface area contributed by atoms with Gasteiger partial charge in [0.1, 0.15) is 0 Å². The molecule has 2 atom stereocenters. The second kappa shape index (κ2) is 24.4. The molecule has 12 nitrogen and oxygen atoms in total. The number of unbranched alkanes of at least 4 members (excludes halogenated alkanes) is 13. The van der Waals surface area contributed by atoms with Gasteiger partial charge in [-0.25, -0.2) is 22.8 Å². The van der Waals surface area contributed by atoms with Crippen molar-refractivity contribution in [2.24, 2.45) is 7.05 Å². The number of ether oxygens (including phenoxy) is 1. The number of fused-ring (bicyclic) bond motifs is 1. The smallest absolute Gasteiger partial charge is 0.330 e. The number of halogens is 1. The average molecular weight is 939 g/mol. The lowest BCUT2D eigenvalue weighted by Gasteiger charge is -2.25. The predicted octanol–water partition coefficient (Wildman–Crippen LogP) is 11.3. The highest BCUT2D eigenvalue weighted by atomic mass is 35.5. The summed E-state index contributed by atoms with van der Waals surface area (Å²) in [5, 5.41) is 3.12. The molecule has 66 heavy (non-hydrogen) atoms. The quantitative estimate of drug-likeness (QED) is 0.0231. The van der Waals surface area contributed by atoms with Crippen LogP contribution in [0.25, 0.3) is 22.2 Å². The molecule has 1 aromatic heterocycles. The maximum atomic E-state index is 15.4. The molecule has 352 valence electrons. The number of rotatable bonds is 27. The number of sulfonamides is 1. The van der Waals surface area contributed by atoms with Gasteiger partial charge in [-0.1, -0.05) is 181 Å². The fourth-order valence-electron chi connectivity index (χ4n) is 8.72. The number of imide groups is 1. The van der Waals surface area contributed by atoms with Crippen molar-refractivity contribution < 1.29 is 32.3 Å². The lowest BCUT2D eigenvalue weighted by atomic mass is 9.96. The zero-order valence-electron chi connectivity index (χ0n) is 38.5. The Kier molecular flexibility index (Phi) is 18.5. The predicted molar refractivity (Wildman–Crippen MR) is 262 cm³/mol. The number of anilines is 1. The van der Waals surface area contributed by atoms with Gasteiger partial charge in [-0.2, -0.15) is 0 Å². The topological polar surface area (TPSA) is 147 Å². The number of Topliss-reactive ketones (excluding diaryl/α,β-unsaturated/α-hetero) is 1. The lowest BCUT2D eigenvalue weighted by Crippen LogP contribution is -2.52. The SMILES string of the molecule is CCCCCCCCCCCCCCCCNS(=O)(=O)c1ccc(Cl)c(NC(=O)C(C(=O)c2c(-c3ccccc3)n(C)c3ccccc23)N2C(=O)C(OCC)N(Cc3ccccc3)C2=O)c1. The van der Waals surface area contributed by atoms with Crippen LogP contribution in [0.4, 0.5) is 10.5 Å². The molecule has 0 spiro atoms. The Morgan fingerprint density at radius 3 is 1.94 bits per heavy atom. The van der Waals surface area contributed by atoms with Gasteiger partial charge in [0.15, 0.2) is 11.8 Å². The number of para-hydroxylation sites is 1. The van der Waals surface area contributed by atoms with E-state index >= 15 is 4.79 Å². The van der Waals surface area contributed by atoms with Gasteiger partial charge in [0.05, 0.1) is 33.4 Å². The minimum absolute atomic E-state index is 0.0208. The van der Waals surface area contributed by atoms with Crippen LogP contribution >= 0.6 is 11.6 Å². The number of aryl methyl sites for hydroxylation is 1. The van der Waals surface area contributed by atoms with E-state index in [1.165, 1.54) is 87.3 Å². The fraction of sp³-hybridized carbons (Fsp3) is 0.423. The van der Waals surface area contributed by atoms with Crippen LogP contribution in [-0.4, -0.2) is 71.8 Å². The first kappa shape index (κ1) is 50.1. The van der Waals surface area contributed by atoms with Gasteiger partial charge in [0.2, 0.25) is 16.3 Å². The number of urea groups is 1. The Balaban J connectivity index is 1.21. The van der Waals surface area contributed by atoms with Crippen molar-refractivity contribution in [1.82, 2.24) is 19.1 Å². The normalized spacial score (nSPS) is 14.6. The molecule has 4 amide bonds. The van der Waals surface area contributed by atoms with Crippen molar-refractivity contribution in [3.63, 3.8) is 0 Å². The number of amides is 4. The number of carbonyl (C=O) groups excluding carboxylic acids is 4. The maximum Gasteiger partial charge on any atom is 0.330 e. The summed E-state index contributed by atoms with van der Waals surface area (Å²) >= 11 is 6.63. The minimum Gasteiger partial charge on any atom is -0.350 e. The van der Waals surface area contributed by atoms with E-state index in [9.17, 15) is 22.8 Å². The van der Waals surface area contributed by atoms with Crippen LogP contribution in [0.2, 0.25) is 5.02 Å². The van der Waals surface area contributed by atoms with Crippen LogP contribution in [0.3, 0.4) is 0 Å². The molecule has 4 aromatic carbocycles. The van der Waals surface area contributed by atoms with E-state index in [1.807, 2.05) is 53.1 Å². The van der Waals surface area contributed by atoms with E-state index in [0.29, 0.717) is 39.0 Å². The summed E-state index contributed by atoms with van der Waals surface area (Å²) in [6.45, 7) is 4.16. The molecule has 0 aliphatic carbocycles. The molecule has 1 fully saturated rings. The lowest BCUT2D eigenvalue weighted by molar-refractivity contribution is -0.144. The number of benzene rings is 4. The highest BCUT2D eigenvalue weighted by Crippen LogP contribution is 2.36. The number of aromatic nitrogens is 1. The summed E-state index contributed by atoms with van der Waals surface area (Å²) in [5.74, 6) is -2.81. The summed E-state index contributed by atoms with van der Waals surface area (Å²) < 4.78 is 37.5. The molecule has 0 radical (unpaired) electrons. The highest BCUT2D eigenvalue weighted by molar-refractivity contribution is 7.89. The zero-order valence-corrected chi connectivity index (χ0v) is 40.0. The summed E-state index contributed by atoms with van der Waals surface area (Å²) in [6, 6.07) is 26.2. The van der Waals surface area contributed by atoms with Crippen molar-refractivity contribution in [2.45, 2.75) is 127 Å². The molecular weight excluding hydrogens is 874 g/mol. The number of carbonyl (C=O) groups is 4. The van der Waals surface area contributed by atoms with Crippen LogP contribution in [-0.2, 0) is 37.9 Å². The first-order valence-electron chi connectivity index (χ1n) is 23.5. The molecule has 0 bridgehead atoms. The Labute approximate surface area is 395 Å². The number of ketones is 1. The van der Waals surface area contributed by atoms with Crippen molar-refractivity contribution >= 4 is 61.8 Å². The van der Waals surface area contributed by atoms with Crippen molar-refractivity contribution in [3.05, 3.63) is 119 Å². The van der Waals surface area contributed by atoms with Gasteiger partial charge in [-0.05, 0) is 48.7 Å².